The Morgan fingerprint density at radius 1 is 1.24 bits per heavy atom. The monoisotopic (exact) mass is 298 g/mol. The lowest BCUT2D eigenvalue weighted by atomic mass is 10.1. The number of nitrogens with zero attached hydrogens (tertiary/aromatic N) is 3. The van der Waals surface area contributed by atoms with Gasteiger partial charge in [-0.25, -0.2) is 0 Å². The average molecular weight is 299 g/mol. The normalized spacial score (nSPS) is 11.9. The first-order valence-electron chi connectivity index (χ1n) is 6.65. The van der Waals surface area contributed by atoms with E-state index in [1.54, 1.807) is 4.79 Å². The fraction of sp³-hybridized carbons (Fsp3) is 0.125. The zero-order valence-electron chi connectivity index (χ0n) is 11.8. The molecule has 0 fully saturated rings. The number of nitrogens with one attached hydrogen (secondary N) is 1. The zero-order chi connectivity index (χ0) is 14.8. The van der Waals surface area contributed by atoms with Crippen LogP contribution in [0.4, 0.5) is 5.69 Å². The summed E-state index contributed by atoms with van der Waals surface area (Å²) in [6, 6.07) is 13.6. The van der Waals surface area contributed by atoms with E-state index in [9.17, 15) is 0 Å². The van der Waals surface area contributed by atoms with Gasteiger partial charge in [-0.2, -0.15) is 15.0 Å². The van der Waals surface area contributed by atoms with Crippen LogP contribution >= 0.6 is 11.6 Å². The predicted octanol–water partition coefficient (Wildman–Crippen LogP) is 4.00. The maximum atomic E-state index is 6.08. The minimum atomic E-state index is 0.684. The fourth-order valence-electron chi connectivity index (χ4n) is 2.24. The summed E-state index contributed by atoms with van der Waals surface area (Å²) in [5, 5.41) is 13.9. The number of hydrogen-bond acceptors (Lipinski definition) is 3. The first-order chi connectivity index (χ1) is 10.2. The number of aromatic nitrogens is 2. The molecule has 1 heterocycles. The molecule has 0 spiro atoms. The molecular weight excluding hydrogens is 284 g/mol. The van der Waals surface area contributed by atoms with Crippen LogP contribution in [0.15, 0.2) is 53.8 Å². The smallest absolute Gasteiger partial charge is 0.0945 e. The molecule has 0 atom stereocenters. The Hall–Kier alpha value is -2.33. The molecule has 0 unspecified atom stereocenters. The van der Waals surface area contributed by atoms with Gasteiger partial charge in [-0.05, 0) is 31.2 Å². The summed E-state index contributed by atoms with van der Waals surface area (Å²) in [7, 11) is 1.88. The van der Waals surface area contributed by atoms with Crippen molar-refractivity contribution in [2.75, 3.05) is 12.4 Å². The highest BCUT2D eigenvalue weighted by molar-refractivity contribution is 6.31. The molecule has 0 saturated carbocycles. The van der Waals surface area contributed by atoms with Crippen molar-refractivity contribution in [3.05, 3.63) is 59.2 Å². The van der Waals surface area contributed by atoms with Gasteiger partial charge in [-0.15, -0.1) is 0 Å². The van der Waals surface area contributed by atoms with Crippen LogP contribution in [0.3, 0.4) is 0 Å². The van der Waals surface area contributed by atoms with E-state index in [-0.39, 0.29) is 0 Å². The van der Waals surface area contributed by atoms with Gasteiger partial charge in [0.15, 0.2) is 0 Å². The first kappa shape index (κ1) is 13.6. The standard InChI is InChI=1S/C16H15ClN4/c1-11(14-9-13(17)7-8-16(14)18-2)19-21-10-12-5-3-4-6-15(12)20-21/h3-10,18H,1-2H3/b19-11+. The molecule has 0 saturated heterocycles. The average Bonchev–Trinajstić information content (AvgIpc) is 2.89. The maximum Gasteiger partial charge on any atom is 0.0945 e. The molecule has 3 aromatic rings. The Labute approximate surface area is 128 Å². The van der Waals surface area contributed by atoms with Crippen LogP contribution in [0.25, 0.3) is 10.9 Å². The van der Waals surface area contributed by atoms with Gasteiger partial charge in [0.25, 0.3) is 0 Å². The van der Waals surface area contributed by atoms with Crippen molar-refractivity contribution in [3.8, 4) is 0 Å². The van der Waals surface area contributed by atoms with Crippen molar-refractivity contribution in [1.82, 2.24) is 9.89 Å². The van der Waals surface area contributed by atoms with Crippen molar-refractivity contribution in [2.45, 2.75) is 6.92 Å². The predicted molar refractivity (Wildman–Crippen MR) is 88.3 cm³/mol. The summed E-state index contributed by atoms with van der Waals surface area (Å²) in [5.74, 6) is 0. The van der Waals surface area contributed by atoms with Crippen molar-refractivity contribution in [3.63, 3.8) is 0 Å². The molecule has 21 heavy (non-hydrogen) atoms. The molecule has 5 heteroatoms. The topological polar surface area (TPSA) is 42.2 Å². The van der Waals surface area contributed by atoms with Crippen molar-refractivity contribution in [2.24, 2.45) is 5.10 Å². The Morgan fingerprint density at radius 3 is 2.81 bits per heavy atom. The molecule has 3 rings (SSSR count). The van der Waals surface area contributed by atoms with Crippen molar-refractivity contribution < 1.29 is 0 Å². The number of benzene rings is 2. The molecule has 0 aliphatic rings. The second-order valence-corrected chi connectivity index (χ2v) is 5.17. The molecule has 2 aromatic carbocycles. The number of hydrogen-bond donors (Lipinski definition) is 1. The largest absolute Gasteiger partial charge is 0.388 e. The van der Waals surface area contributed by atoms with Crippen LogP contribution in [0.1, 0.15) is 12.5 Å². The molecule has 4 nitrogen and oxygen atoms in total. The number of fused-ring (bicyclic) bond motifs is 1. The third-order valence-corrected chi connectivity index (χ3v) is 3.53. The Morgan fingerprint density at radius 2 is 2.05 bits per heavy atom. The molecule has 0 aliphatic carbocycles. The molecule has 1 aromatic heterocycles. The van der Waals surface area contributed by atoms with Gasteiger partial charge in [0.1, 0.15) is 0 Å². The molecule has 0 bridgehead atoms. The van der Waals surface area contributed by atoms with E-state index in [4.69, 9.17) is 11.6 Å². The van der Waals surface area contributed by atoms with Gasteiger partial charge in [-0.3, -0.25) is 0 Å². The van der Waals surface area contributed by atoms with Gasteiger partial charge in [-0.1, -0.05) is 29.8 Å². The minimum absolute atomic E-state index is 0.684. The second kappa shape index (κ2) is 5.58. The molecule has 1 N–H and O–H groups in total. The Bertz CT molecular complexity index is 787. The van der Waals surface area contributed by atoms with E-state index in [1.807, 2.05) is 62.6 Å². The fourth-order valence-corrected chi connectivity index (χ4v) is 2.42. The lowest BCUT2D eigenvalue weighted by molar-refractivity contribution is 0.751. The van der Waals surface area contributed by atoms with Gasteiger partial charge in [0.2, 0.25) is 0 Å². The minimum Gasteiger partial charge on any atom is -0.388 e. The highest BCUT2D eigenvalue weighted by atomic mass is 35.5. The lowest BCUT2D eigenvalue weighted by Crippen LogP contribution is -2.04. The number of halogens is 1. The molecule has 0 radical (unpaired) electrons. The molecule has 106 valence electrons. The highest BCUT2D eigenvalue weighted by Gasteiger charge is 2.06. The summed E-state index contributed by atoms with van der Waals surface area (Å²) in [4.78, 5) is 1.60. The SMILES string of the molecule is CNc1ccc(Cl)cc1/C(C)=N/n1cc2ccccc2n1. The van der Waals surface area contributed by atoms with Crippen LogP contribution < -0.4 is 5.32 Å². The Balaban J connectivity index is 2.04. The summed E-state index contributed by atoms with van der Waals surface area (Å²) < 4.78 is 0. The number of rotatable bonds is 3. The molecular formula is C16H15ClN4. The van der Waals surface area contributed by atoms with Crippen LogP contribution in [-0.4, -0.2) is 22.6 Å². The molecule has 0 amide bonds. The van der Waals surface area contributed by atoms with Gasteiger partial charge in [0, 0.05) is 28.7 Å². The highest BCUT2D eigenvalue weighted by Crippen LogP contribution is 2.21. The van der Waals surface area contributed by atoms with Crippen LogP contribution in [0, 0.1) is 0 Å². The summed E-state index contributed by atoms with van der Waals surface area (Å²) in [5.41, 5.74) is 3.71. The maximum absolute atomic E-state index is 6.08. The van der Waals surface area contributed by atoms with E-state index in [2.05, 4.69) is 15.5 Å². The summed E-state index contributed by atoms with van der Waals surface area (Å²) >= 11 is 6.08. The van der Waals surface area contributed by atoms with Crippen molar-refractivity contribution >= 4 is 33.9 Å². The second-order valence-electron chi connectivity index (χ2n) is 4.73. The zero-order valence-corrected chi connectivity index (χ0v) is 12.6. The summed E-state index contributed by atoms with van der Waals surface area (Å²) in [6.07, 6.45) is 1.91. The molecule has 0 aliphatic heterocycles. The van der Waals surface area contributed by atoms with E-state index < -0.39 is 0 Å². The van der Waals surface area contributed by atoms with E-state index in [0.717, 1.165) is 27.9 Å². The van der Waals surface area contributed by atoms with E-state index >= 15 is 0 Å². The third kappa shape index (κ3) is 2.76. The number of anilines is 1. The van der Waals surface area contributed by atoms with E-state index in [1.165, 1.54) is 0 Å². The first-order valence-corrected chi connectivity index (χ1v) is 7.03. The van der Waals surface area contributed by atoms with Gasteiger partial charge < -0.3 is 5.32 Å². The lowest BCUT2D eigenvalue weighted by Gasteiger charge is -2.09. The van der Waals surface area contributed by atoms with Gasteiger partial charge >= 0.3 is 0 Å². The van der Waals surface area contributed by atoms with Crippen LogP contribution in [0.2, 0.25) is 5.02 Å². The van der Waals surface area contributed by atoms with E-state index in [0.29, 0.717) is 5.02 Å². The van der Waals surface area contributed by atoms with Gasteiger partial charge in [0.05, 0.1) is 17.4 Å². The summed E-state index contributed by atoms with van der Waals surface area (Å²) in [6.45, 7) is 1.94. The van der Waals surface area contributed by atoms with Crippen molar-refractivity contribution in [1.29, 1.82) is 0 Å². The Kier molecular flexibility index (Phi) is 3.62. The quantitative estimate of drug-likeness (QED) is 0.743. The van der Waals surface area contributed by atoms with Crippen LogP contribution in [-0.2, 0) is 0 Å². The third-order valence-electron chi connectivity index (χ3n) is 3.29. The van der Waals surface area contributed by atoms with Crippen LogP contribution in [0.5, 0.6) is 0 Å².